The second kappa shape index (κ2) is 6.39. The summed E-state index contributed by atoms with van der Waals surface area (Å²) in [6.07, 6.45) is 0.390. The average molecular weight is 305 g/mol. The van der Waals surface area contributed by atoms with Crippen LogP contribution in [0.1, 0.15) is 34.1 Å². The first-order valence-electron chi connectivity index (χ1n) is 4.81. The van der Waals surface area contributed by atoms with Crippen molar-refractivity contribution in [1.82, 2.24) is 4.90 Å². The van der Waals surface area contributed by atoms with E-state index in [0.717, 1.165) is 0 Å². The summed E-state index contributed by atoms with van der Waals surface area (Å²) >= 11 is 20.9. The van der Waals surface area contributed by atoms with Gasteiger partial charge in [0.15, 0.2) is 0 Å². The van der Waals surface area contributed by atoms with Crippen LogP contribution in [-0.4, -0.2) is 21.7 Å². The van der Waals surface area contributed by atoms with Gasteiger partial charge in [0.05, 0.1) is 5.03 Å². The minimum absolute atomic E-state index is 0.0265. The van der Waals surface area contributed by atoms with Crippen LogP contribution < -0.4 is 0 Å². The number of halogens is 3. The van der Waals surface area contributed by atoms with Crippen LogP contribution in [0.4, 0.5) is 4.79 Å². The first-order valence-corrected chi connectivity index (χ1v) is 6.39. The fourth-order valence-electron chi connectivity index (χ4n) is 1.71. The minimum Gasteiger partial charge on any atom is -0.326 e. The van der Waals surface area contributed by atoms with E-state index in [1.807, 2.05) is 27.7 Å². The Labute approximate surface area is 117 Å². The molecule has 2 nitrogen and oxygen atoms in total. The van der Waals surface area contributed by atoms with Crippen LogP contribution in [0.2, 0.25) is 0 Å². The first-order chi connectivity index (χ1) is 7.09. The highest BCUT2D eigenvalue weighted by Crippen LogP contribution is 2.31. The first kappa shape index (κ1) is 16.4. The second-order valence-corrected chi connectivity index (χ2v) is 6.19. The molecule has 0 fully saturated rings. The molecule has 0 aliphatic carbocycles. The lowest BCUT2D eigenvalue weighted by Gasteiger charge is -2.40. The van der Waals surface area contributed by atoms with Crippen molar-refractivity contribution in [3.63, 3.8) is 0 Å². The third-order valence-electron chi connectivity index (χ3n) is 2.17. The van der Waals surface area contributed by atoms with E-state index in [2.05, 4.69) is 12.6 Å². The summed E-state index contributed by atoms with van der Waals surface area (Å²) in [6.45, 7) is 7.60. The van der Waals surface area contributed by atoms with Crippen molar-refractivity contribution in [3.8, 4) is 0 Å². The third-order valence-corrected chi connectivity index (χ3v) is 3.36. The lowest BCUT2D eigenvalue weighted by Crippen LogP contribution is -2.49. The van der Waals surface area contributed by atoms with E-state index in [0.29, 0.717) is 11.5 Å². The Morgan fingerprint density at radius 3 is 2.00 bits per heavy atom. The van der Waals surface area contributed by atoms with Crippen molar-refractivity contribution in [2.75, 3.05) is 0 Å². The molecule has 0 heterocycles. The molecular formula is C10H16Cl3NOS. The van der Waals surface area contributed by atoms with Gasteiger partial charge in [0.2, 0.25) is 0 Å². The molecule has 0 rings (SSSR count). The highest BCUT2D eigenvalue weighted by Gasteiger charge is 2.32. The third kappa shape index (κ3) is 4.74. The fourth-order valence-corrected chi connectivity index (χ4v) is 2.67. The van der Waals surface area contributed by atoms with Gasteiger partial charge in [-0.15, -0.1) is 0 Å². The van der Waals surface area contributed by atoms with E-state index in [1.165, 1.54) is 0 Å². The van der Waals surface area contributed by atoms with Crippen molar-refractivity contribution in [3.05, 3.63) is 9.52 Å². The van der Waals surface area contributed by atoms with Gasteiger partial charge >= 0.3 is 0 Å². The van der Waals surface area contributed by atoms with Crippen LogP contribution in [0.15, 0.2) is 9.52 Å². The Bertz CT molecular complexity index is 298. The Morgan fingerprint density at radius 1 is 1.31 bits per heavy atom. The molecule has 94 valence electrons. The Balaban J connectivity index is 5.01. The molecule has 0 aliphatic rings. The standard InChI is InChI=1S/C10H16Cl3NOS/c1-6(2)14(9(15)16)10(3,4)5-7(11)8(12)13/h6H,5H2,1-4H3,(H,15,16). The number of amides is 1. The number of hydrogen-bond donors (Lipinski definition) is 1. The summed E-state index contributed by atoms with van der Waals surface area (Å²) in [5, 5.41) is 0.0451. The molecule has 6 heteroatoms. The van der Waals surface area contributed by atoms with Crippen LogP contribution in [0.5, 0.6) is 0 Å². The van der Waals surface area contributed by atoms with Gasteiger partial charge in [-0.1, -0.05) is 47.4 Å². The molecule has 0 spiro atoms. The molecule has 0 N–H and O–H groups in total. The van der Waals surface area contributed by atoms with Gasteiger partial charge < -0.3 is 4.90 Å². The maximum absolute atomic E-state index is 11.4. The Morgan fingerprint density at radius 2 is 1.75 bits per heavy atom. The second-order valence-electron chi connectivity index (χ2n) is 4.40. The molecule has 0 saturated carbocycles. The summed E-state index contributed by atoms with van der Waals surface area (Å²) in [5.74, 6) is 0. The zero-order valence-electron chi connectivity index (χ0n) is 9.72. The molecule has 0 unspecified atom stereocenters. The predicted molar refractivity (Wildman–Crippen MR) is 74.6 cm³/mol. The molecule has 0 atom stereocenters. The van der Waals surface area contributed by atoms with Crippen LogP contribution >= 0.6 is 47.4 Å². The monoisotopic (exact) mass is 303 g/mol. The highest BCUT2D eigenvalue weighted by molar-refractivity contribution is 7.96. The van der Waals surface area contributed by atoms with Gasteiger partial charge in [0.1, 0.15) is 4.49 Å². The molecule has 16 heavy (non-hydrogen) atoms. The molecule has 0 aromatic heterocycles. The topological polar surface area (TPSA) is 20.3 Å². The number of hydrogen-bond acceptors (Lipinski definition) is 1. The maximum Gasteiger partial charge on any atom is 0.279 e. The average Bonchev–Trinajstić information content (AvgIpc) is 1.99. The highest BCUT2D eigenvalue weighted by atomic mass is 35.5. The molecule has 0 saturated heterocycles. The minimum atomic E-state index is -0.487. The molecule has 0 radical (unpaired) electrons. The van der Waals surface area contributed by atoms with Crippen molar-refractivity contribution in [2.24, 2.45) is 0 Å². The van der Waals surface area contributed by atoms with Crippen molar-refractivity contribution < 1.29 is 4.79 Å². The fraction of sp³-hybridized carbons (Fsp3) is 0.700. The summed E-state index contributed by atoms with van der Waals surface area (Å²) < 4.78 is 0.0325. The Kier molecular flexibility index (Phi) is 6.56. The van der Waals surface area contributed by atoms with Gasteiger partial charge in [-0.25, -0.2) is 0 Å². The molecule has 0 bridgehead atoms. The summed E-state index contributed by atoms with van der Waals surface area (Å²) in [5.41, 5.74) is -0.487. The lowest BCUT2D eigenvalue weighted by molar-refractivity contribution is 0.131. The van der Waals surface area contributed by atoms with Gasteiger partial charge in [0, 0.05) is 18.0 Å². The predicted octanol–water partition coefficient (Wildman–Crippen LogP) is 4.80. The number of carbonyl (C=O) groups excluding carboxylic acids is 1. The molecule has 0 aromatic rings. The zero-order chi connectivity index (χ0) is 13.1. The zero-order valence-corrected chi connectivity index (χ0v) is 12.9. The van der Waals surface area contributed by atoms with Gasteiger partial charge in [0.25, 0.3) is 5.24 Å². The normalized spacial score (nSPS) is 11.6. The van der Waals surface area contributed by atoms with E-state index in [9.17, 15) is 4.79 Å². The van der Waals surface area contributed by atoms with E-state index in [1.54, 1.807) is 4.90 Å². The van der Waals surface area contributed by atoms with Gasteiger partial charge in [-0.05, 0) is 27.7 Å². The smallest absolute Gasteiger partial charge is 0.279 e. The van der Waals surface area contributed by atoms with Crippen LogP contribution in [0, 0.1) is 0 Å². The largest absolute Gasteiger partial charge is 0.326 e. The van der Waals surface area contributed by atoms with E-state index < -0.39 is 5.54 Å². The number of carbonyl (C=O) groups is 1. The molecule has 0 aliphatic heterocycles. The molecule has 1 amide bonds. The van der Waals surface area contributed by atoms with Gasteiger partial charge in [-0.3, -0.25) is 4.79 Å². The van der Waals surface area contributed by atoms with Crippen LogP contribution in [0.25, 0.3) is 0 Å². The van der Waals surface area contributed by atoms with Crippen molar-refractivity contribution in [1.29, 1.82) is 0 Å². The number of nitrogens with zero attached hydrogens (tertiary/aromatic N) is 1. The lowest BCUT2D eigenvalue weighted by atomic mass is 9.97. The number of rotatable bonds is 4. The molecule has 0 aromatic carbocycles. The van der Waals surface area contributed by atoms with Gasteiger partial charge in [-0.2, -0.15) is 0 Å². The van der Waals surface area contributed by atoms with Crippen LogP contribution in [-0.2, 0) is 0 Å². The number of thiol groups is 1. The maximum atomic E-state index is 11.4. The van der Waals surface area contributed by atoms with E-state index in [-0.39, 0.29) is 15.8 Å². The van der Waals surface area contributed by atoms with Crippen molar-refractivity contribution >= 4 is 52.7 Å². The van der Waals surface area contributed by atoms with E-state index >= 15 is 0 Å². The SMILES string of the molecule is CC(C)N(C(=O)S)C(C)(C)CC(Cl)=C(Cl)Cl. The van der Waals surface area contributed by atoms with Crippen LogP contribution in [0.3, 0.4) is 0 Å². The van der Waals surface area contributed by atoms with Crippen molar-refractivity contribution in [2.45, 2.75) is 45.7 Å². The Hall–Kier alpha value is 0.430. The quantitative estimate of drug-likeness (QED) is 0.740. The van der Waals surface area contributed by atoms with E-state index in [4.69, 9.17) is 34.8 Å². The molecular weight excluding hydrogens is 289 g/mol. The summed E-state index contributed by atoms with van der Waals surface area (Å²) in [4.78, 5) is 13.1. The summed E-state index contributed by atoms with van der Waals surface area (Å²) in [6, 6.07) is 0.0265. The summed E-state index contributed by atoms with van der Waals surface area (Å²) in [7, 11) is 0.